The summed E-state index contributed by atoms with van der Waals surface area (Å²) in [6, 6.07) is 16.7. The molecule has 7 nitrogen and oxygen atoms in total. The molecule has 3 aromatic rings. The first-order valence-corrected chi connectivity index (χ1v) is 13.4. The van der Waals surface area contributed by atoms with Gasteiger partial charge in [0.25, 0.3) is 0 Å². The van der Waals surface area contributed by atoms with Gasteiger partial charge in [-0.3, -0.25) is 0 Å². The first-order chi connectivity index (χ1) is 16.6. The van der Waals surface area contributed by atoms with Gasteiger partial charge in [0.15, 0.2) is 0 Å². The molecule has 1 heterocycles. The molecular formula is C26H32ClN3O4S. The Bertz CT molecular complexity index is 1240. The topological polar surface area (TPSA) is 88.6 Å². The fourth-order valence-electron chi connectivity index (χ4n) is 3.72. The van der Waals surface area contributed by atoms with Crippen LogP contribution in [0.5, 0.6) is 0 Å². The van der Waals surface area contributed by atoms with Crippen molar-refractivity contribution in [1.29, 1.82) is 0 Å². The number of amides is 1. The molecule has 1 amide bonds. The fourth-order valence-corrected chi connectivity index (χ4v) is 5.67. The van der Waals surface area contributed by atoms with E-state index in [1.54, 1.807) is 45.0 Å². The lowest BCUT2D eigenvalue weighted by Crippen LogP contribution is -2.37. The van der Waals surface area contributed by atoms with Crippen LogP contribution in [-0.2, 0) is 21.2 Å². The maximum Gasteiger partial charge on any atom is 0.407 e. The lowest BCUT2D eigenvalue weighted by Gasteiger charge is -2.24. The number of fused-ring (bicyclic) bond motifs is 1. The summed E-state index contributed by atoms with van der Waals surface area (Å²) in [5.41, 5.74) is 0.556. The molecule has 1 aromatic heterocycles. The number of hydrogen-bond donors (Lipinski definition) is 1. The van der Waals surface area contributed by atoms with Crippen molar-refractivity contribution in [3.63, 3.8) is 0 Å². The Labute approximate surface area is 212 Å². The minimum atomic E-state index is -3.83. The highest BCUT2D eigenvalue weighted by Gasteiger charge is 2.26. The molecule has 9 heteroatoms. The average Bonchev–Trinajstić information content (AvgIpc) is 2.80. The Balaban J connectivity index is 1.76. The molecule has 2 aromatic carbocycles. The Hall–Kier alpha value is -2.68. The maximum atomic E-state index is 13.8. The molecule has 0 spiro atoms. The lowest BCUT2D eigenvalue weighted by molar-refractivity contribution is 0.0526. The summed E-state index contributed by atoms with van der Waals surface area (Å²) in [7, 11) is -3.83. The number of nitrogens with one attached hydrogen (secondary N) is 1. The first kappa shape index (κ1) is 26.9. The van der Waals surface area contributed by atoms with E-state index in [9.17, 15) is 13.2 Å². The van der Waals surface area contributed by atoms with Crippen LogP contribution in [0.3, 0.4) is 0 Å². The van der Waals surface area contributed by atoms with E-state index in [1.807, 2.05) is 30.3 Å². The van der Waals surface area contributed by atoms with E-state index in [4.69, 9.17) is 16.3 Å². The predicted molar refractivity (Wildman–Crippen MR) is 139 cm³/mol. The summed E-state index contributed by atoms with van der Waals surface area (Å²) in [5.74, 6) is 0. The van der Waals surface area contributed by atoms with E-state index in [0.29, 0.717) is 36.7 Å². The number of sulfonamides is 1. The van der Waals surface area contributed by atoms with Crippen LogP contribution in [0.25, 0.3) is 10.8 Å². The van der Waals surface area contributed by atoms with Gasteiger partial charge in [0.05, 0.1) is 4.90 Å². The molecule has 0 saturated heterocycles. The van der Waals surface area contributed by atoms with Gasteiger partial charge in [-0.25, -0.2) is 18.2 Å². The van der Waals surface area contributed by atoms with Crippen molar-refractivity contribution in [2.24, 2.45) is 0 Å². The van der Waals surface area contributed by atoms with Crippen molar-refractivity contribution in [2.75, 3.05) is 19.6 Å². The number of alkyl carbamates (subject to hydrolysis) is 1. The first-order valence-electron chi connectivity index (χ1n) is 11.6. The number of carbonyl (C=O) groups excluding carboxylic acids is 1. The molecule has 0 aliphatic rings. The number of halogens is 1. The molecular weight excluding hydrogens is 486 g/mol. The number of benzene rings is 2. The highest BCUT2D eigenvalue weighted by Crippen LogP contribution is 2.29. The standard InChI is InChI=1S/C26H32ClN3O4S/c1-26(2,3)34-25(31)29-16-9-19-30(18-8-12-20-10-5-4-6-11-20)35(32,33)23-14-7-13-22-21(23)15-17-28-24(22)27/h4-7,10-11,13-15,17H,8-9,12,16,18-19H2,1-3H3,(H,29,31). The Morgan fingerprint density at radius 2 is 1.71 bits per heavy atom. The third kappa shape index (κ3) is 7.65. The molecule has 0 aliphatic carbocycles. The van der Waals surface area contributed by atoms with Crippen molar-refractivity contribution in [3.05, 3.63) is 71.5 Å². The molecule has 0 unspecified atom stereocenters. The van der Waals surface area contributed by atoms with Gasteiger partial charge in [-0.15, -0.1) is 0 Å². The van der Waals surface area contributed by atoms with Crippen LogP contribution in [0, 0.1) is 0 Å². The monoisotopic (exact) mass is 517 g/mol. The quantitative estimate of drug-likeness (QED) is 0.286. The highest BCUT2D eigenvalue weighted by molar-refractivity contribution is 7.89. The van der Waals surface area contributed by atoms with E-state index in [2.05, 4.69) is 10.3 Å². The number of carbonyl (C=O) groups is 1. The molecule has 3 rings (SSSR count). The van der Waals surface area contributed by atoms with Crippen molar-refractivity contribution >= 4 is 38.5 Å². The van der Waals surface area contributed by atoms with Gasteiger partial charge >= 0.3 is 6.09 Å². The summed E-state index contributed by atoms with van der Waals surface area (Å²) in [4.78, 5) is 16.2. The zero-order valence-corrected chi connectivity index (χ0v) is 21.9. The summed E-state index contributed by atoms with van der Waals surface area (Å²) < 4.78 is 34.3. The van der Waals surface area contributed by atoms with E-state index < -0.39 is 21.7 Å². The zero-order valence-electron chi connectivity index (χ0n) is 20.3. The van der Waals surface area contributed by atoms with Crippen molar-refractivity contribution < 1.29 is 17.9 Å². The third-order valence-corrected chi connectivity index (χ3v) is 7.56. The van der Waals surface area contributed by atoms with Gasteiger partial charge in [0, 0.05) is 36.6 Å². The van der Waals surface area contributed by atoms with E-state index >= 15 is 0 Å². The van der Waals surface area contributed by atoms with Crippen molar-refractivity contribution in [2.45, 2.75) is 50.5 Å². The average molecular weight is 518 g/mol. The summed E-state index contributed by atoms with van der Waals surface area (Å²) in [5, 5.41) is 4.08. The number of rotatable bonds is 10. The van der Waals surface area contributed by atoms with Crippen LogP contribution in [0.4, 0.5) is 4.79 Å². The minimum Gasteiger partial charge on any atom is -0.444 e. The third-order valence-electron chi connectivity index (χ3n) is 5.30. The molecule has 0 bridgehead atoms. The Kier molecular flexibility index (Phi) is 9.10. The van der Waals surface area contributed by atoms with Crippen LogP contribution < -0.4 is 5.32 Å². The second-order valence-electron chi connectivity index (χ2n) is 9.23. The summed E-state index contributed by atoms with van der Waals surface area (Å²) >= 11 is 6.22. The minimum absolute atomic E-state index is 0.194. The summed E-state index contributed by atoms with van der Waals surface area (Å²) in [6.45, 7) is 6.27. The molecule has 0 radical (unpaired) electrons. The number of aromatic nitrogens is 1. The van der Waals surface area contributed by atoms with E-state index in [0.717, 1.165) is 12.0 Å². The Morgan fingerprint density at radius 1 is 1.00 bits per heavy atom. The number of nitrogens with zero attached hydrogens (tertiary/aromatic N) is 2. The van der Waals surface area contributed by atoms with Crippen LogP contribution >= 0.6 is 11.6 Å². The zero-order chi connectivity index (χ0) is 25.5. The number of aryl methyl sites for hydroxylation is 1. The van der Waals surface area contributed by atoms with Crippen molar-refractivity contribution in [3.8, 4) is 0 Å². The molecule has 35 heavy (non-hydrogen) atoms. The molecule has 0 fully saturated rings. The number of hydrogen-bond acceptors (Lipinski definition) is 5. The summed E-state index contributed by atoms with van der Waals surface area (Å²) in [6.07, 6.45) is 2.85. The maximum absolute atomic E-state index is 13.8. The van der Waals surface area contributed by atoms with Crippen LogP contribution in [0.2, 0.25) is 5.15 Å². The van der Waals surface area contributed by atoms with Gasteiger partial charge in [-0.1, -0.05) is 54.1 Å². The van der Waals surface area contributed by atoms with Gasteiger partial charge in [0.1, 0.15) is 10.8 Å². The van der Waals surface area contributed by atoms with Crippen LogP contribution in [-0.4, -0.2) is 49.0 Å². The highest BCUT2D eigenvalue weighted by atomic mass is 35.5. The number of ether oxygens (including phenoxy) is 1. The van der Waals surface area contributed by atoms with E-state index in [1.165, 1.54) is 10.5 Å². The smallest absolute Gasteiger partial charge is 0.407 e. The second-order valence-corrected chi connectivity index (χ2v) is 11.5. The SMILES string of the molecule is CC(C)(C)OC(=O)NCCCN(CCCc1ccccc1)S(=O)(=O)c1cccc2c(Cl)nccc12. The van der Waals surface area contributed by atoms with Crippen LogP contribution in [0.1, 0.15) is 39.2 Å². The van der Waals surface area contributed by atoms with E-state index in [-0.39, 0.29) is 16.6 Å². The Morgan fingerprint density at radius 3 is 2.43 bits per heavy atom. The predicted octanol–water partition coefficient (Wildman–Crippen LogP) is 5.43. The molecule has 0 aliphatic heterocycles. The van der Waals surface area contributed by atoms with Gasteiger partial charge < -0.3 is 10.1 Å². The largest absolute Gasteiger partial charge is 0.444 e. The molecule has 0 saturated carbocycles. The normalized spacial score (nSPS) is 12.1. The second kappa shape index (κ2) is 11.8. The molecule has 0 atom stereocenters. The lowest BCUT2D eigenvalue weighted by atomic mass is 10.1. The van der Waals surface area contributed by atoms with Gasteiger partial charge in [0.2, 0.25) is 10.0 Å². The van der Waals surface area contributed by atoms with Gasteiger partial charge in [-0.2, -0.15) is 4.31 Å². The van der Waals surface area contributed by atoms with Gasteiger partial charge in [-0.05, 0) is 57.7 Å². The van der Waals surface area contributed by atoms with Crippen LogP contribution in [0.15, 0.2) is 65.7 Å². The van der Waals surface area contributed by atoms with Crippen molar-refractivity contribution in [1.82, 2.24) is 14.6 Å². The number of pyridine rings is 1. The molecule has 188 valence electrons. The molecule has 1 N–H and O–H groups in total. The fraction of sp³-hybridized carbons (Fsp3) is 0.385.